The van der Waals surface area contributed by atoms with Crippen LogP contribution < -0.4 is 0 Å². The van der Waals surface area contributed by atoms with E-state index in [9.17, 15) is 31.1 Å². The lowest BCUT2D eigenvalue weighted by Gasteiger charge is -2.35. The lowest BCUT2D eigenvalue weighted by atomic mass is 9.69. The van der Waals surface area contributed by atoms with Crippen LogP contribution in [0.4, 0.5) is 26.3 Å². The fraction of sp³-hybridized carbons (Fsp3) is 0.478. The molecule has 0 heterocycles. The van der Waals surface area contributed by atoms with Crippen molar-refractivity contribution in [3.05, 3.63) is 52.6 Å². The van der Waals surface area contributed by atoms with Crippen molar-refractivity contribution in [3.63, 3.8) is 0 Å². The molecular weight excluding hydrogens is 436 g/mol. The third-order valence-corrected chi connectivity index (χ3v) is 6.02. The summed E-state index contributed by atoms with van der Waals surface area (Å²) in [7, 11) is 0. The van der Waals surface area contributed by atoms with Gasteiger partial charge in [-0.15, -0.1) is 0 Å². The Labute approximate surface area is 181 Å². The average Bonchev–Trinajstić information content (AvgIpc) is 2.98. The molecule has 0 amide bonds. The molecule has 1 aromatic carbocycles. The van der Waals surface area contributed by atoms with E-state index in [0.29, 0.717) is 40.8 Å². The third kappa shape index (κ3) is 5.24. The number of alkyl halides is 6. The van der Waals surface area contributed by atoms with Crippen LogP contribution >= 0.6 is 0 Å². The molecule has 0 saturated heterocycles. The monoisotopic (exact) mass is 459 g/mol. The van der Waals surface area contributed by atoms with E-state index in [-0.39, 0.29) is 0 Å². The van der Waals surface area contributed by atoms with Gasteiger partial charge >= 0.3 is 18.3 Å². The number of halogens is 6. The highest BCUT2D eigenvalue weighted by Gasteiger charge is 2.48. The molecule has 0 bridgehead atoms. The standard InChI is InChI=1S/C23H23F6NO2/c1-14(30-32-15(2)31)16-7-8-18-17-5-3-4-6-19(17)21(20(18)13-16,9-11-22(24,25)26)10-12-23(27,28)29/h3-6,13H,7-12H2,1-2H3/b30-14+. The molecule has 3 nitrogen and oxygen atoms in total. The van der Waals surface area contributed by atoms with E-state index in [0.717, 1.165) is 5.57 Å². The Balaban J connectivity index is 2.12. The lowest BCUT2D eigenvalue weighted by molar-refractivity contribution is -0.144. The molecule has 0 aromatic heterocycles. The summed E-state index contributed by atoms with van der Waals surface area (Å²) in [5.74, 6) is -0.626. The van der Waals surface area contributed by atoms with Crippen LogP contribution in [0.1, 0.15) is 63.5 Å². The first-order valence-electron chi connectivity index (χ1n) is 10.2. The Morgan fingerprint density at radius 3 is 2.16 bits per heavy atom. The number of hydrogen-bond acceptors (Lipinski definition) is 3. The van der Waals surface area contributed by atoms with Crippen LogP contribution in [-0.4, -0.2) is 24.0 Å². The predicted octanol–water partition coefficient (Wildman–Crippen LogP) is 7.04. The smallest absolute Gasteiger partial charge is 0.318 e. The summed E-state index contributed by atoms with van der Waals surface area (Å²) in [4.78, 5) is 15.7. The quantitative estimate of drug-likeness (QED) is 0.198. The summed E-state index contributed by atoms with van der Waals surface area (Å²) in [5.41, 5.74) is 2.04. The third-order valence-electron chi connectivity index (χ3n) is 6.02. The Hall–Kier alpha value is -2.58. The summed E-state index contributed by atoms with van der Waals surface area (Å²) in [6, 6.07) is 6.77. The van der Waals surface area contributed by atoms with Crippen LogP contribution in [0.3, 0.4) is 0 Å². The van der Waals surface area contributed by atoms with Gasteiger partial charge in [0.1, 0.15) is 0 Å². The number of hydrogen-bond donors (Lipinski definition) is 0. The van der Waals surface area contributed by atoms with Crippen molar-refractivity contribution >= 4 is 17.3 Å². The van der Waals surface area contributed by atoms with Crippen LogP contribution in [0.5, 0.6) is 0 Å². The van der Waals surface area contributed by atoms with Gasteiger partial charge in [0.05, 0.1) is 5.71 Å². The SMILES string of the molecule is CC(=O)O/N=C(\C)C1=CC2=C(CC1)c1ccccc1C2(CCC(F)(F)F)CCC(F)(F)F. The zero-order valence-electron chi connectivity index (χ0n) is 17.7. The number of allylic oxidation sites excluding steroid dienone is 4. The number of carbonyl (C=O) groups is 1. The van der Waals surface area contributed by atoms with Crippen molar-refractivity contribution < 1.29 is 36.0 Å². The molecule has 0 radical (unpaired) electrons. The van der Waals surface area contributed by atoms with E-state index in [4.69, 9.17) is 0 Å². The molecule has 0 N–H and O–H groups in total. The summed E-state index contributed by atoms with van der Waals surface area (Å²) in [6.45, 7) is 2.77. The molecule has 2 aliphatic carbocycles. The van der Waals surface area contributed by atoms with E-state index in [1.807, 2.05) is 0 Å². The van der Waals surface area contributed by atoms with Crippen molar-refractivity contribution in [2.24, 2.45) is 5.16 Å². The molecule has 3 rings (SSSR count). The molecular formula is C23H23F6NO2. The van der Waals surface area contributed by atoms with Crippen molar-refractivity contribution in [3.8, 4) is 0 Å². The largest absolute Gasteiger partial charge is 0.389 e. The van der Waals surface area contributed by atoms with Gasteiger partial charge in [-0.1, -0.05) is 35.5 Å². The molecule has 9 heteroatoms. The van der Waals surface area contributed by atoms with E-state index in [1.54, 1.807) is 37.3 Å². The molecule has 174 valence electrons. The molecule has 2 aliphatic rings. The van der Waals surface area contributed by atoms with Gasteiger partial charge in [0, 0.05) is 25.2 Å². The van der Waals surface area contributed by atoms with Crippen molar-refractivity contribution in [1.82, 2.24) is 0 Å². The Morgan fingerprint density at radius 2 is 1.59 bits per heavy atom. The number of oxime groups is 1. The van der Waals surface area contributed by atoms with Gasteiger partial charge in [0.15, 0.2) is 0 Å². The minimum Gasteiger partial charge on any atom is -0.318 e. The minimum atomic E-state index is -4.50. The number of carbonyl (C=O) groups excluding carboxylic acids is 1. The van der Waals surface area contributed by atoms with E-state index in [2.05, 4.69) is 9.99 Å². The second kappa shape index (κ2) is 8.75. The second-order valence-electron chi connectivity index (χ2n) is 8.18. The maximum Gasteiger partial charge on any atom is 0.389 e. The van der Waals surface area contributed by atoms with Gasteiger partial charge in [-0.3, -0.25) is 0 Å². The van der Waals surface area contributed by atoms with Crippen LogP contribution in [0.15, 0.2) is 46.6 Å². The number of nitrogens with zero attached hydrogens (tertiary/aromatic N) is 1. The minimum absolute atomic E-state index is 0.364. The molecule has 0 atom stereocenters. The average molecular weight is 459 g/mol. The topological polar surface area (TPSA) is 38.7 Å². The summed E-state index contributed by atoms with van der Waals surface area (Å²) >= 11 is 0. The molecule has 0 unspecified atom stereocenters. The Kier molecular flexibility index (Phi) is 6.58. The van der Waals surface area contributed by atoms with Crippen molar-refractivity contribution in [2.75, 3.05) is 0 Å². The highest BCUT2D eigenvalue weighted by atomic mass is 19.4. The van der Waals surface area contributed by atoms with E-state index < -0.39 is 49.4 Å². The van der Waals surface area contributed by atoms with Gasteiger partial charge in [-0.2, -0.15) is 26.3 Å². The van der Waals surface area contributed by atoms with E-state index >= 15 is 0 Å². The zero-order valence-corrected chi connectivity index (χ0v) is 17.7. The first kappa shape index (κ1) is 24.1. The van der Waals surface area contributed by atoms with Gasteiger partial charge in [0.25, 0.3) is 0 Å². The van der Waals surface area contributed by atoms with Crippen LogP contribution in [0.2, 0.25) is 0 Å². The van der Waals surface area contributed by atoms with Crippen LogP contribution in [-0.2, 0) is 15.0 Å². The number of rotatable bonds is 6. The Bertz CT molecular complexity index is 967. The molecule has 0 saturated carbocycles. The predicted molar refractivity (Wildman–Crippen MR) is 108 cm³/mol. The zero-order chi connectivity index (χ0) is 23.7. The van der Waals surface area contributed by atoms with Crippen LogP contribution in [0.25, 0.3) is 5.57 Å². The van der Waals surface area contributed by atoms with Gasteiger partial charge < -0.3 is 4.84 Å². The molecule has 32 heavy (non-hydrogen) atoms. The first-order valence-corrected chi connectivity index (χ1v) is 10.2. The summed E-state index contributed by atoms with van der Waals surface area (Å²) in [5, 5.41) is 3.75. The molecule has 1 aromatic rings. The number of fused-ring (bicyclic) bond motifs is 2. The highest BCUT2D eigenvalue weighted by Crippen LogP contribution is 2.56. The van der Waals surface area contributed by atoms with Crippen molar-refractivity contribution in [1.29, 1.82) is 0 Å². The van der Waals surface area contributed by atoms with E-state index in [1.165, 1.54) is 6.92 Å². The normalized spacial score (nSPS) is 18.2. The van der Waals surface area contributed by atoms with Crippen molar-refractivity contribution in [2.45, 2.75) is 70.1 Å². The van der Waals surface area contributed by atoms with Gasteiger partial charge in [-0.05, 0) is 60.5 Å². The molecule has 0 aliphatic heterocycles. The maximum atomic E-state index is 13.2. The molecule has 0 spiro atoms. The fourth-order valence-corrected chi connectivity index (χ4v) is 4.59. The summed E-state index contributed by atoms with van der Waals surface area (Å²) in [6.07, 6.45) is -9.77. The number of benzene rings is 1. The Morgan fingerprint density at radius 1 is 1.00 bits per heavy atom. The van der Waals surface area contributed by atoms with Crippen LogP contribution in [0, 0.1) is 0 Å². The van der Waals surface area contributed by atoms with Gasteiger partial charge in [0.2, 0.25) is 0 Å². The summed E-state index contributed by atoms with van der Waals surface area (Å²) < 4.78 is 79.3. The highest BCUT2D eigenvalue weighted by molar-refractivity contribution is 6.01. The first-order chi connectivity index (χ1) is 14.8. The fourth-order valence-electron chi connectivity index (χ4n) is 4.59. The molecule has 0 fully saturated rings. The second-order valence-corrected chi connectivity index (χ2v) is 8.18. The van der Waals surface area contributed by atoms with Gasteiger partial charge in [-0.25, -0.2) is 4.79 Å². The lowest BCUT2D eigenvalue weighted by Crippen LogP contribution is -2.31. The maximum absolute atomic E-state index is 13.2.